The minimum atomic E-state index is 0.145. The van der Waals surface area contributed by atoms with Gasteiger partial charge in [-0.1, -0.05) is 43.9 Å². The second kappa shape index (κ2) is 10.0. The van der Waals surface area contributed by atoms with E-state index in [2.05, 4.69) is 15.3 Å². The minimum Gasteiger partial charge on any atom is -0.356 e. The van der Waals surface area contributed by atoms with Crippen LogP contribution < -0.4 is 5.32 Å². The summed E-state index contributed by atoms with van der Waals surface area (Å²) in [6.07, 6.45) is 12.6. The molecule has 2 rings (SSSR count). The summed E-state index contributed by atoms with van der Waals surface area (Å²) < 4.78 is 0. The van der Waals surface area contributed by atoms with Gasteiger partial charge >= 0.3 is 0 Å². The summed E-state index contributed by atoms with van der Waals surface area (Å²) in [5, 5.41) is 3.88. The smallest absolute Gasteiger partial charge is 0.220 e. The fourth-order valence-corrected chi connectivity index (χ4v) is 4.04. The Hall–Kier alpha value is -1.10. The van der Waals surface area contributed by atoms with Crippen LogP contribution in [0.3, 0.4) is 0 Å². The highest BCUT2D eigenvalue weighted by atomic mass is 32.2. The maximum Gasteiger partial charge on any atom is 0.220 e. The van der Waals surface area contributed by atoms with Crippen LogP contribution in [-0.2, 0) is 11.2 Å². The lowest BCUT2D eigenvalue weighted by atomic mass is 9.86. The minimum absolute atomic E-state index is 0.145. The van der Waals surface area contributed by atoms with Gasteiger partial charge in [0.1, 0.15) is 0 Å². The van der Waals surface area contributed by atoms with Crippen LogP contribution in [0.5, 0.6) is 0 Å². The first-order valence-corrected chi connectivity index (χ1v) is 10.5. The van der Waals surface area contributed by atoms with Gasteiger partial charge < -0.3 is 5.32 Å². The van der Waals surface area contributed by atoms with E-state index >= 15 is 0 Å². The highest BCUT2D eigenvalue weighted by Gasteiger charge is 2.13. The van der Waals surface area contributed by atoms with Gasteiger partial charge in [-0.2, -0.15) is 0 Å². The predicted molar refractivity (Wildman–Crippen MR) is 100 cm³/mol. The Morgan fingerprint density at radius 3 is 2.46 bits per heavy atom. The van der Waals surface area contributed by atoms with Crippen LogP contribution in [0, 0.1) is 19.8 Å². The molecule has 134 valence electrons. The number of nitrogens with zero attached hydrogens (tertiary/aromatic N) is 2. The van der Waals surface area contributed by atoms with Gasteiger partial charge in [-0.05, 0) is 50.8 Å². The molecule has 0 radical (unpaired) electrons. The average molecular weight is 350 g/mol. The first-order valence-electron chi connectivity index (χ1n) is 9.25. The fraction of sp³-hybridized carbons (Fsp3) is 0.737. The van der Waals surface area contributed by atoms with E-state index in [1.807, 2.05) is 20.1 Å². The molecular weight excluding hydrogens is 318 g/mol. The van der Waals surface area contributed by atoms with Crippen LogP contribution in [0.4, 0.5) is 0 Å². The standard InChI is InChI=1S/C19H31N3OS/c1-14-17(15(2)22-19(21-14)24-3)11-12-18(23)20-13-7-10-16-8-5-4-6-9-16/h16H,4-13H2,1-3H3,(H,20,23). The number of thioether (sulfide) groups is 1. The molecule has 1 aliphatic carbocycles. The molecule has 1 amide bonds. The Kier molecular flexibility index (Phi) is 8.03. The summed E-state index contributed by atoms with van der Waals surface area (Å²) in [5.74, 6) is 1.04. The van der Waals surface area contributed by atoms with Gasteiger partial charge in [0.25, 0.3) is 0 Å². The molecule has 1 saturated carbocycles. The van der Waals surface area contributed by atoms with E-state index in [0.717, 1.165) is 47.4 Å². The number of carbonyl (C=O) groups excluding carboxylic acids is 1. The van der Waals surface area contributed by atoms with Crippen LogP contribution in [0.1, 0.15) is 68.3 Å². The lowest BCUT2D eigenvalue weighted by Gasteiger charge is -2.21. The number of hydrogen-bond acceptors (Lipinski definition) is 4. The zero-order chi connectivity index (χ0) is 17.4. The van der Waals surface area contributed by atoms with Gasteiger partial charge in [0.2, 0.25) is 5.91 Å². The van der Waals surface area contributed by atoms with E-state index in [1.165, 1.54) is 38.5 Å². The van der Waals surface area contributed by atoms with E-state index in [4.69, 9.17) is 0 Å². The number of amides is 1. The summed E-state index contributed by atoms with van der Waals surface area (Å²) >= 11 is 1.55. The first kappa shape index (κ1) is 19.2. The molecule has 1 heterocycles. The number of rotatable bonds is 8. The van der Waals surface area contributed by atoms with Crippen molar-refractivity contribution in [3.05, 3.63) is 17.0 Å². The Balaban J connectivity index is 1.67. The third-order valence-electron chi connectivity index (χ3n) is 5.02. The van der Waals surface area contributed by atoms with Gasteiger partial charge in [0, 0.05) is 24.4 Å². The molecule has 1 fully saturated rings. The van der Waals surface area contributed by atoms with E-state index in [0.29, 0.717) is 6.42 Å². The topological polar surface area (TPSA) is 54.9 Å². The molecule has 0 atom stereocenters. The van der Waals surface area contributed by atoms with Crippen LogP contribution in [0.25, 0.3) is 0 Å². The third kappa shape index (κ3) is 6.08. The number of aromatic nitrogens is 2. The number of nitrogens with one attached hydrogen (secondary N) is 1. The molecule has 1 aliphatic rings. The number of hydrogen-bond donors (Lipinski definition) is 1. The highest BCUT2D eigenvalue weighted by molar-refractivity contribution is 7.98. The molecular formula is C19H31N3OS. The van der Waals surface area contributed by atoms with Gasteiger partial charge in [-0.15, -0.1) is 0 Å². The Labute approximate surface area is 150 Å². The van der Waals surface area contributed by atoms with Crippen molar-refractivity contribution in [2.24, 2.45) is 5.92 Å². The van der Waals surface area contributed by atoms with Crippen molar-refractivity contribution in [2.45, 2.75) is 76.8 Å². The molecule has 1 N–H and O–H groups in total. The van der Waals surface area contributed by atoms with Crippen LogP contribution >= 0.6 is 11.8 Å². The van der Waals surface area contributed by atoms with Gasteiger partial charge in [-0.3, -0.25) is 4.79 Å². The number of aryl methyl sites for hydroxylation is 2. The van der Waals surface area contributed by atoms with Crippen molar-refractivity contribution >= 4 is 17.7 Å². The predicted octanol–water partition coefficient (Wildman–Crippen LogP) is 4.22. The van der Waals surface area contributed by atoms with Gasteiger partial charge in [0.15, 0.2) is 5.16 Å². The van der Waals surface area contributed by atoms with E-state index in [-0.39, 0.29) is 5.91 Å². The van der Waals surface area contributed by atoms with E-state index < -0.39 is 0 Å². The van der Waals surface area contributed by atoms with Crippen molar-refractivity contribution in [1.29, 1.82) is 0 Å². The van der Waals surface area contributed by atoms with Gasteiger partial charge in [0.05, 0.1) is 0 Å². The average Bonchev–Trinajstić information content (AvgIpc) is 2.58. The maximum absolute atomic E-state index is 12.1. The lowest BCUT2D eigenvalue weighted by Crippen LogP contribution is -2.25. The second-order valence-corrected chi connectivity index (χ2v) is 7.63. The normalized spacial score (nSPS) is 15.5. The van der Waals surface area contributed by atoms with Crippen LogP contribution in [0.15, 0.2) is 5.16 Å². The Morgan fingerprint density at radius 1 is 1.17 bits per heavy atom. The third-order valence-corrected chi connectivity index (χ3v) is 5.57. The Bertz CT molecular complexity index is 518. The van der Waals surface area contributed by atoms with Crippen LogP contribution in [-0.4, -0.2) is 28.7 Å². The molecule has 0 saturated heterocycles. The zero-order valence-electron chi connectivity index (χ0n) is 15.4. The van der Waals surface area contributed by atoms with E-state index in [1.54, 1.807) is 11.8 Å². The van der Waals surface area contributed by atoms with Crippen molar-refractivity contribution in [1.82, 2.24) is 15.3 Å². The molecule has 0 spiro atoms. The first-order chi connectivity index (χ1) is 11.6. The molecule has 1 aromatic heterocycles. The molecule has 1 aromatic rings. The summed E-state index contributed by atoms with van der Waals surface area (Å²) in [5.41, 5.74) is 3.11. The Morgan fingerprint density at radius 2 is 1.83 bits per heavy atom. The van der Waals surface area contributed by atoms with Crippen molar-refractivity contribution in [3.63, 3.8) is 0 Å². The molecule has 4 nitrogen and oxygen atoms in total. The molecule has 24 heavy (non-hydrogen) atoms. The van der Waals surface area contributed by atoms with Crippen LogP contribution in [0.2, 0.25) is 0 Å². The quantitative estimate of drug-likeness (QED) is 0.434. The maximum atomic E-state index is 12.1. The van der Waals surface area contributed by atoms with E-state index in [9.17, 15) is 4.79 Å². The molecule has 0 bridgehead atoms. The zero-order valence-corrected chi connectivity index (χ0v) is 16.2. The highest BCUT2D eigenvalue weighted by Crippen LogP contribution is 2.27. The SMILES string of the molecule is CSc1nc(C)c(CCC(=O)NCCCC2CCCCC2)c(C)n1. The summed E-state index contributed by atoms with van der Waals surface area (Å²) in [4.78, 5) is 21.0. The largest absolute Gasteiger partial charge is 0.356 e. The van der Waals surface area contributed by atoms with Crippen molar-refractivity contribution in [3.8, 4) is 0 Å². The summed E-state index contributed by atoms with van der Waals surface area (Å²) in [6.45, 7) is 4.83. The van der Waals surface area contributed by atoms with Crippen molar-refractivity contribution in [2.75, 3.05) is 12.8 Å². The summed E-state index contributed by atoms with van der Waals surface area (Å²) in [6, 6.07) is 0. The summed E-state index contributed by atoms with van der Waals surface area (Å²) in [7, 11) is 0. The molecule has 0 aliphatic heterocycles. The monoisotopic (exact) mass is 349 g/mol. The second-order valence-electron chi connectivity index (χ2n) is 6.86. The molecule has 5 heteroatoms. The number of carbonyl (C=O) groups is 1. The lowest BCUT2D eigenvalue weighted by molar-refractivity contribution is -0.121. The molecule has 0 unspecified atom stereocenters. The van der Waals surface area contributed by atoms with Crippen molar-refractivity contribution < 1.29 is 4.79 Å². The fourth-order valence-electron chi connectivity index (χ4n) is 3.58. The van der Waals surface area contributed by atoms with Gasteiger partial charge in [-0.25, -0.2) is 9.97 Å². The molecule has 0 aromatic carbocycles.